The van der Waals surface area contributed by atoms with Gasteiger partial charge >= 0.3 is 0 Å². The number of benzene rings is 1. The van der Waals surface area contributed by atoms with Crippen molar-refractivity contribution in [2.45, 2.75) is 32.7 Å². The Morgan fingerprint density at radius 3 is 2.70 bits per heavy atom. The van der Waals surface area contributed by atoms with Crippen molar-refractivity contribution < 1.29 is 0 Å². The minimum atomic E-state index is 0.297. The fourth-order valence-electron chi connectivity index (χ4n) is 2.24. The van der Waals surface area contributed by atoms with Gasteiger partial charge in [-0.1, -0.05) is 30.1 Å². The number of rotatable bonds is 6. The zero-order chi connectivity index (χ0) is 14.5. The fraction of sp³-hybridized carbons (Fsp3) is 0.375. The lowest BCUT2D eigenvalue weighted by molar-refractivity contribution is 0.535. The Kier molecular flexibility index (Phi) is 5.91. The van der Waals surface area contributed by atoms with E-state index in [1.165, 1.54) is 10.4 Å². The van der Waals surface area contributed by atoms with Crippen molar-refractivity contribution >= 4 is 34.5 Å². The Hall–Kier alpha value is -0.540. The topological polar surface area (TPSA) is 12.0 Å². The molecule has 0 aliphatic heterocycles. The number of halogens is 2. The maximum Gasteiger partial charge on any atom is 0.0458 e. The average molecular weight is 328 g/mol. The summed E-state index contributed by atoms with van der Waals surface area (Å²) in [5.41, 5.74) is 2.43. The highest BCUT2D eigenvalue weighted by Gasteiger charge is 2.16. The summed E-state index contributed by atoms with van der Waals surface area (Å²) in [6.07, 6.45) is 1.98. The fourth-order valence-corrected chi connectivity index (χ4v) is 3.63. The van der Waals surface area contributed by atoms with E-state index < -0.39 is 0 Å². The number of nitrogens with one attached hydrogen (secondary N) is 1. The molecule has 1 nitrogen and oxygen atoms in total. The second-order valence-corrected chi connectivity index (χ2v) is 6.71. The standard InChI is InChI=1S/C16H19Cl2NS/c1-3-7-19-15(16-11(2)6-8-20-16)10-12-9-13(17)4-5-14(12)18/h4-6,8-9,15,19H,3,7,10H2,1-2H3. The van der Waals surface area contributed by atoms with Crippen LogP contribution in [-0.2, 0) is 6.42 Å². The summed E-state index contributed by atoms with van der Waals surface area (Å²) in [4.78, 5) is 1.38. The van der Waals surface area contributed by atoms with Crippen LogP contribution in [0, 0.1) is 6.92 Å². The van der Waals surface area contributed by atoms with Crippen molar-refractivity contribution in [3.63, 3.8) is 0 Å². The van der Waals surface area contributed by atoms with Crippen molar-refractivity contribution in [3.05, 3.63) is 55.7 Å². The van der Waals surface area contributed by atoms with E-state index in [-0.39, 0.29) is 0 Å². The third kappa shape index (κ3) is 3.98. The lowest BCUT2D eigenvalue weighted by atomic mass is 10.0. The molecule has 108 valence electrons. The van der Waals surface area contributed by atoms with E-state index in [0.29, 0.717) is 6.04 Å². The number of aryl methyl sites for hydroxylation is 1. The Balaban J connectivity index is 2.23. The number of hydrogen-bond donors (Lipinski definition) is 1. The van der Waals surface area contributed by atoms with Crippen LogP contribution in [-0.4, -0.2) is 6.54 Å². The Morgan fingerprint density at radius 2 is 2.05 bits per heavy atom. The minimum absolute atomic E-state index is 0.297. The molecule has 0 bridgehead atoms. The molecule has 1 aromatic carbocycles. The normalized spacial score (nSPS) is 12.6. The first-order valence-corrected chi connectivity index (χ1v) is 8.46. The van der Waals surface area contributed by atoms with Crippen molar-refractivity contribution in [1.82, 2.24) is 5.32 Å². The number of thiophene rings is 1. The Bertz CT molecular complexity index is 565. The van der Waals surface area contributed by atoms with E-state index in [1.54, 1.807) is 11.3 Å². The highest BCUT2D eigenvalue weighted by molar-refractivity contribution is 7.10. The van der Waals surface area contributed by atoms with Crippen LogP contribution < -0.4 is 5.32 Å². The van der Waals surface area contributed by atoms with Gasteiger partial charge < -0.3 is 5.32 Å². The number of hydrogen-bond acceptors (Lipinski definition) is 2. The summed E-state index contributed by atoms with van der Waals surface area (Å²) in [5.74, 6) is 0. The molecule has 20 heavy (non-hydrogen) atoms. The van der Waals surface area contributed by atoms with Gasteiger partial charge in [0.25, 0.3) is 0 Å². The third-order valence-electron chi connectivity index (χ3n) is 3.29. The molecule has 1 atom stereocenters. The summed E-state index contributed by atoms with van der Waals surface area (Å²) in [6.45, 7) is 5.34. The van der Waals surface area contributed by atoms with E-state index in [1.807, 2.05) is 18.2 Å². The average Bonchev–Trinajstić information content (AvgIpc) is 2.84. The molecular formula is C16H19Cl2NS. The molecular weight excluding hydrogens is 309 g/mol. The largest absolute Gasteiger partial charge is 0.309 e. The summed E-state index contributed by atoms with van der Waals surface area (Å²) in [6, 6.07) is 8.13. The third-order valence-corrected chi connectivity index (χ3v) is 5.03. The molecule has 0 saturated carbocycles. The van der Waals surface area contributed by atoms with Crippen LogP contribution in [0.4, 0.5) is 0 Å². The van der Waals surface area contributed by atoms with Crippen LogP contribution in [0.2, 0.25) is 10.0 Å². The summed E-state index contributed by atoms with van der Waals surface area (Å²) in [5, 5.41) is 7.28. The molecule has 2 aromatic rings. The van der Waals surface area contributed by atoms with Crippen molar-refractivity contribution in [3.8, 4) is 0 Å². The molecule has 4 heteroatoms. The minimum Gasteiger partial charge on any atom is -0.309 e. The molecule has 1 aromatic heterocycles. The van der Waals surface area contributed by atoms with Gasteiger partial charge in [-0.05, 0) is 67.1 Å². The second-order valence-electron chi connectivity index (χ2n) is 4.91. The Labute approximate surface area is 134 Å². The zero-order valence-corrected chi connectivity index (χ0v) is 14.1. The van der Waals surface area contributed by atoms with Crippen LogP contribution in [0.25, 0.3) is 0 Å². The predicted octanol–water partition coefficient (Wildman–Crippen LogP) is 5.65. The van der Waals surface area contributed by atoms with Crippen LogP contribution in [0.5, 0.6) is 0 Å². The van der Waals surface area contributed by atoms with Gasteiger partial charge in [0.2, 0.25) is 0 Å². The molecule has 1 heterocycles. The molecule has 1 unspecified atom stereocenters. The van der Waals surface area contributed by atoms with Gasteiger partial charge in [0.15, 0.2) is 0 Å². The van der Waals surface area contributed by atoms with Crippen molar-refractivity contribution in [2.24, 2.45) is 0 Å². The van der Waals surface area contributed by atoms with Gasteiger partial charge in [-0.2, -0.15) is 0 Å². The molecule has 0 radical (unpaired) electrons. The van der Waals surface area contributed by atoms with Gasteiger partial charge in [-0.3, -0.25) is 0 Å². The lowest BCUT2D eigenvalue weighted by Gasteiger charge is -2.19. The summed E-state index contributed by atoms with van der Waals surface area (Å²) in [7, 11) is 0. The maximum absolute atomic E-state index is 6.29. The van der Waals surface area contributed by atoms with Crippen LogP contribution in [0.3, 0.4) is 0 Å². The summed E-state index contributed by atoms with van der Waals surface area (Å²) < 4.78 is 0. The van der Waals surface area contributed by atoms with Crippen molar-refractivity contribution in [2.75, 3.05) is 6.54 Å². The summed E-state index contributed by atoms with van der Waals surface area (Å²) >= 11 is 14.2. The van der Waals surface area contributed by atoms with Gasteiger partial charge in [0, 0.05) is 21.0 Å². The van der Waals surface area contributed by atoms with E-state index in [9.17, 15) is 0 Å². The first-order chi connectivity index (χ1) is 9.61. The van der Waals surface area contributed by atoms with Gasteiger partial charge in [0.1, 0.15) is 0 Å². The maximum atomic E-state index is 6.29. The van der Waals surface area contributed by atoms with Gasteiger partial charge in [-0.15, -0.1) is 11.3 Å². The van der Waals surface area contributed by atoms with E-state index in [2.05, 4.69) is 30.6 Å². The highest BCUT2D eigenvalue weighted by atomic mass is 35.5. The van der Waals surface area contributed by atoms with Crippen molar-refractivity contribution in [1.29, 1.82) is 0 Å². The first kappa shape index (κ1) is 15.8. The van der Waals surface area contributed by atoms with Crippen LogP contribution >= 0.6 is 34.5 Å². The second kappa shape index (κ2) is 7.46. The van der Waals surface area contributed by atoms with E-state index in [0.717, 1.165) is 35.0 Å². The van der Waals surface area contributed by atoms with E-state index in [4.69, 9.17) is 23.2 Å². The first-order valence-electron chi connectivity index (χ1n) is 6.83. The van der Waals surface area contributed by atoms with E-state index >= 15 is 0 Å². The molecule has 0 aliphatic rings. The molecule has 0 saturated heterocycles. The highest BCUT2D eigenvalue weighted by Crippen LogP contribution is 2.30. The van der Waals surface area contributed by atoms with Crippen LogP contribution in [0.1, 0.15) is 35.4 Å². The zero-order valence-electron chi connectivity index (χ0n) is 11.7. The monoisotopic (exact) mass is 327 g/mol. The van der Waals surface area contributed by atoms with Gasteiger partial charge in [-0.25, -0.2) is 0 Å². The molecule has 0 fully saturated rings. The molecule has 0 spiro atoms. The smallest absolute Gasteiger partial charge is 0.0458 e. The predicted molar refractivity (Wildman–Crippen MR) is 90.3 cm³/mol. The quantitative estimate of drug-likeness (QED) is 0.723. The lowest BCUT2D eigenvalue weighted by Crippen LogP contribution is -2.24. The molecule has 0 amide bonds. The SMILES string of the molecule is CCCNC(Cc1cc(Cl)ccc1Cl)c1sccc1C. The molecule has 1 N–H and O–H groups in total. The molecule has 0 aliphatic carbocycles. The Morgan fingerprint density at radius 1 is 1.25 bits per heavy atom. The van der Waals surface area contributed by atoms with Crippen LogP contribution in [0.15, 0.2) is 29.6 Å². The molecule has 2 rings (SSSR count). The van der Waals surface area contributed by atoms with Gasteiger partial charge in [0.05, 0.1) is 0 Å².